The first-order valence-electron chi connectivity index (χ1n) is 7.91. The number of halogens is 2. The highest BCUT2D eigenvalue weighted by Crippen LogP contribution is 2.19. The van der Waals surface area contributed by atoms with Crippen LogP contribution in [0.4, 0.5) is 8.78 Å². The van der Waals surface area contributed by atoms with Crippen molar-refractivity contribution in [2.45, 2.75) is 32.0 Å². The summed E-state index contributed by atoms with van der Waals surface area (Å²) in [6.07, 6.45) is 0. The van der Waals surface area contributed by atoms with E-state index in [-0.39, 0.29) is 17.2 Å². The number of fused-ring (bicyclic) bond motifs is 1. The van der Waals surface area contributed by atoms with Crippen molar-refractivity contribution in [3.8, 4) is 0 Å². The molecule has 3 rings (SSSR count). The molecule has 0 bridgehead atoms. The molecular formula is C17H17F2N5OS. The number of carbonyl (C=O) groups excluding carboxylic acids is 1. The van der Waals surface area contributed by atoms with Gasteiger partial charge >= 0.3 is 0 Å². The van der Waals surface area contributed by atoms with E-state index in [9.17, 15) is 13.6 Å². The fourth-order valence-corrected chi connectivity index (χ4v) is 3.18. The number of nitrogens with one attached hydrogen (secondary N) is 1. The monoisotopic (exact) mass is 377 g/mol. The molecule has 6 nitrogen and oxygen atoms in total. The molecule has 1 amide bonds. The van der Waals surface area contributed by atoms with Crippen molar-refractivity contribution in [3.05, 3.63) is 52.9 Å². The van der Waals surface area contributed by atoms with E-state index >= 15 is 0 Å². The van der Waals surface area contributed by atoms with Gasteiger partial charge in [-0.1, -0.05) is 17.8 Å². The largest absolute Gasteiger partial charge is 0.349 e. The number of rotatable bonds is 5. The number of hydrogen-bond donors (Lipinski definition) is 1. The highest BCUT2D eigenvalue weighted by molar-refractivity contribution is 7.99. The van der Waals surface area contributed by atoms with Gasteiger partial charge < -0.3 is 5.32 Å². The zero-order valence-electron chi connectivity index (χ0n) is 14.5. The minimum Gasteiger partial charge on any atom is -0.349 e. The third-order valence-electron chi connectivity index (χ3n) is 3.74. The molecule has 2 heterocycles. The van der Waals surface area contributed by atoms with E-state index in [1.807, 2.05) is 19.9 Å². The molecule has 1 N–H and O–H groups in total. The molecule has 0 radical (unpaired) electrons. The molecule has 1 aromatic carbocycles. The van der Waals surface area contributed by atoms with Crippen molar-refractivity contribution in [1.29, 1.82) is 0 Å². The molecule has 136 valence electrons. The van der Waals surface area contributed by atoms with Crippen LogP contribution in [-0.2, 0) is 4.79 Å². The summed E-state index contributed by atoms with van der Waals surface area (Å²) in [5.41, 5.74) is 1.97. The lowest BCUT2D eigenvalue weighted by Crippen LogP contribution is -2.28. The van der Waals surface area contributed by atoms with Crippen molar-refractivity contribution >= 4 is 23.4 Å². The standard InChI is InChI=1S/C17H17F2N5OS/c1-9-6-10(2)24-16(20-9)22-17(23-24)26-8-15(25)21-11(3)13-5-4-12(18)7-14(13)19/h4-7,11H,8H2,1-3H3,(H,21,25)/t11-/m1/s1. The lowest BCUT2D eigenvalue weighted by atomic mass is 10.1. The van der Waals surface area contributed by atoms with Gasteiger partial charge in [-0.2, -0.15) is 4.98 Å². The van der Waals surface area contributed by atoms with Crippen molar-refractivity contribution < 1.29 is 13.6 Å². The fourth-order valence-electron chi connectivity index (χ4n) is 2.55. The molecular weight excluding hydrogens is 360 g/mol. The Hall–Kier alpha value is -2.55. The second kappa shape index (κ2) is 7.36. The highest BCUT2D eigenvalue weighted by Gasteiger charge is 2.16. The Morgan fingerprint density at radius 1 is 1.27 bits per heavy atom. The molecule has 0 fully saturated rings. The summed E-state index contributed by atoms with van der Waals surface area (Å²) in [6, 6.07) is 4.59. The number of nitrogens with zero attached hydrogens (tertiary/aromatic N) is 4. The SMILES string of the molecule is Cc1cc(C)n2nc(SCC(=O)N[C@H](C)c3ccc(F)cc3F)nc2n1. The molecule has 3 aromatic rings. The molecule has 0 aliphatic rings. The minimum atomic E-state index is -0.690. The Morgan fingerprint density at radius 3 is 2.77 bits per heavy atom. The van der Waals surface area contributed by atoms with E-state index in [2.05, 4.69) is 20.4 Å². The smallest absolute Gasteiger partial charge is 0.253 e. The number of benzene rings is 1. The molecule has 26 heavy (non-hydrogen) atoms. The average Bonchev–Trinajstić information content (AvgIpc) is 2.96. The zero-order chi connectivity index (χ0) is 18.8. The Bertz CT molecular complexity index is 975. The topological polar surface area (TPSA) is 72.2 Å². The van der Waals surface area contributed by atoms with Crippen LogP contribution in [0, 0.1) is 25.5 Å². The second-order valence-electron chi connectivity index (χ2n) is 5.89. The Labute approximate surface area is 153 Å². The van der Waals surface area contributed by atoms with Crippen LogP contribution in [0.3, 0.4) is 0 Å². The molecule has 1 atom stereocenters. The number of hydrogen-bond acceptors (Lipinski definition) is 5. The first-order valence-corrected chi connectivity index (χ1v) is 8.90. The predicted molar refractivity (Wildman–Crippen MR) is 93.9 cm³/mol. The third kappa shape index (κ3) is 3.98. The number of thioether (sulfide) groups is 1. The maximum absolute atomic E-state index is 13.8. The van der Waals surface area contributed by atoms with E-state index in [0.29, 0.717) is 10.9 Å². The quantitative estimate of drug-likeness (QED) is 0.692. The van der Waals surface area contributed by atoms with Gasteiger partial charge in [0.2, 0.25) is 11.1 Å². The summed E-state index contributed by atoms with van der Waals surface area (Å²) in [5, 5.41) is 7.42. The van der Waals surface area contributed by atoms with Crippen LogP contribution in [0.2, 0.25) is 0 Å². The predicted octanol–water partition coefficient (Wildman–Crippen LogP) is 2.99. The van der Waals surface area contributed by atoms with Crippen LogP contribution in [0.15, 0.2) is 29.4 Å². The van der Waals surface area contributed by atoms with Gasteiger partial charge in [0.25, 0.3) is 5.78 Å². The Kier molecular flexibility index (Phi) is 5.17. The van der Waals surface area contributed by atoms with E-state index in [0.717, 1.165) is 35.3 Å². The summed E-state index contributed by atoms with van der Waals surface area (Å²) in [4.78, 5) is 20.7. The summed E-state index contributed by atoms with van der Waals surface area (Å²) in [6.45, 7) is 5.41. The molecule has 9 heteroatoms. The van der Waals surface area contributed by atoms with Gasteiger partial charge in [0, 0.05) is 23.0 Å². The number of carbonyl (C=O) groups is 1. The van der Waals surface area contributed by atoms with Crippen molar-refractivity contribution in [1.82, 2.24) is 24.9 Å². The lowest BCUT2D eigenvalue weighted by Gasteiger charge is -2.14. The molecule has 2 aromatic heterocycles. The van der Waals surface area contributed by atoms with E-state index in [1.165, 1.54) is 6.07 Å². The first-order chi connectivity index (χ1) is 12.3. The fraction of sp³-hybridized carbons (Fsp3) is 0.294. The Balaban J connectivity index is 1.63. The zero-order valence-corrected chi connectivity index (χ0v) is 15.3. The molecule has 0 aliphatic carbocycles. The number of aryl methyl sites for hydroxylation is 2. The van der Waals surface area contributed by atoms with Crippen LogP contribution >= 0.6 is 11.8 Å². The summed E-state index contributed by atoms with van der Waals surface area (Å²) >= 11 is 1.16. The van der Waals surface area contributed by atoms with E-state index < -0.39 is 17.7 Å². The average molecular weight is 377 g/mol. The number of aromatic nitrogens is 4. The molecule has 0 saturated carbocycles. The van der Waals surface area contributed by atoms with Gasteiger partial charge in [0.1, 0.15) is 11.6 Å². The van der Waals surface area contributed by atoms with Gasteiger partial charge in [0.05, 0.1) is 11.8 Å². The van der Waals surface area contributed by atoms with Gasteiger partial charge in [-0.15, -0.1) is 5.10 Å². The highest BCUT2D eigenvalue weighted by atomic mass is 32.2. The minimum absolute atomic E-state index is 0.0715. The van der Waals surface area contributed by atoms with Crippen LogP contribution in [0.1, 0.15) is 29.9 Å². The van der Waals surface area contributed by atoms with Gasteiger partial charge in [-0.25, -0.2) is 18.3 Å². The maximum atomic E-state index is 13.8. The van der Waals surface area contributed by atoms with Crippen molar-refractivity contribution in [3.63, 3.8) is 0 Å². The third-order valence-corrected chi connectivity index (χ3v) is 4.58. The van der Waals surface area contributed by atoms with Crippen LogP contribution in [0.25, 0.3) is 5.78 Å². The summed E-state index contributed by atoms with van der Waals surface area (Å²) < 4.78 is 28.4. The summed E-state index contributed by atoms with van der Waals surface area (Å²) in [7, 11) is 0. The lowest BCUT2D eigenvalue weighted by molar-refractivity contribution is -0.119. The van der Waals surface area contributed by atoms with E-state index in [4.69, 9.17) is 0 Å². The normalized spacial score (nSPS) is 12.3. The van der Waals surface area contributed by atoms with Crippen LogP contribution in [-0.4, -0.2) is 31.2 Å². The van der Waals surface area contributed by atoms with Crippen molar-refractivity contribution in [2.75, 3.05) is 5.75 Å². The van der Waals surface area contributed by atoms with Crippen molar-refractivity contribution in [2.24, 2.45) is 0 Å². The van der Waals surface area contributed by atoms with Crippen LogP contribution < -0.4 is 5.32 Å². The van der Waals surface area contributed by atoms with E-state index in [1.54, 1.807) is 11.4 Å². The summed E-state index contributed by atoms with van der Waals surface area (Å²) in [5.74, 6) is -1.10. The van der Waals surface area contributed by atoms with Crippen LogP contribution in [0.5, 0.6) is 0 Å². The number of amides is 1. The van der Waals surface area contributed by atoms with Gasteiger partial charge in [0.15, 0.2) is 0 Å². The van der Waals surface area contributed by atoms with Gasteiger partial charge in [-0.05, 0) is 32.9 Å². The van der Waals surface area contributed by atoms with Gasteiger partial charge in [-0.3, -0.25) is 4.79 Å². The maximum Gasteiger partial charge on any atom is 0.253 e. The Morgan fingerprint density at radius 2 is 2.04 bits per heavy atom. The molecule has 0 saturated heterocycles. The molecule has 0 unspecified atom stereocenters. The molecule has 0 spiro atoms. The molecule has 0 aliphatic heterocycles. The first kappa shape index (κ1) is 18.2. The second-order valence-corrected chi connectivity index (χ2v) is 6.83.